The standard InChI is InChI=1S/C31H34N4O3/c36-29(37)14-8-7-13-27-30(24-11-5-2-6-12-24)33-26-16-15-25(21-28(26)32-27)31(38)35-19-17-34(18-20-35)22-23-9-3-1-4-10-23/h1-6,9-12,15-16,21,31,38H,7-8,13-14,17-20,22H2,(H,36,37). The van der Waals surface area contributed by atoms with E-state index in [2.05, 4.69) is 34.1 Å². The molecule has 0 bridgehead atoms. The summed E-state index contributed by atoms with van der Waals surface area (Å²) in [5, 5.41) is 20.2. The SMILES string of the molecule is O=C(O)CCCCc1nc2cc(C(O)N3CCN(Cc4ccccc4)CC3)ccc2nc1-c1ccccc1. The summed E-state index contributed by atoms with van der Waals surface area (Å²) in [6.45, 7) is 4.31. The number of aliphatic hydroxyl groups is 1. The maximum Gasteiger partial charge on any atom is 0.303 e. The van der Waals surface area contributed by atoms with Gasteiger partial charge in [0.1, 0.15) is 6.23 Å². The van der Waals surface area contributed by atoms with Gasteiger partial charge in [0.25, 0.3) is 0 Å². The van der Waals surface area contributed by atoms with E-state index in [4.69, 9.17) is 15.1 Å². The van der Waals surface area contributed by atoms with Crippen molar-refractivity contribution in [3.05, 3.63) is 95.7 Å². The Bertz CT molecular complexity index is 1360. The second kappa shape index (κ2) is 12.3. The van der Waals surface area contributed by atoms with Gasteiger partial charge in [-0.15, -0.1) is 0 Å². The van der Waals surface area contributed by atoms with Crippen LogP contribution in [0.4, 0.5) is 0 Å². The molecule has 1 fully saturated rings. The third kappa shape index (κ3) is 6.42. The Morgan fingerprint density at radius 3 is 2.26 bits per heavy atom. The molecule has 7 nitrogen and oxygen atoms in total. The van der Waals surface area contributed by atoms with Gasteiger partial charge >= 0.3 is 5.97 Å². The van der Waals surface area contributed by atoms with Crippen molar-refractivity contribution in [3.8, 4) is 11.3 Å². The number of unbranched alkanes of at least 4 members (excludes halogenated alkanes) is 1. The number of aliphatic carboxylic acids is 1. The first-order valence-corrected chi connectivity index (χ1v) is 13.3. The molecule has 2 N–H and O–H groups in total. The molecule has 38 heavy (non-hydrogen) atoms. The molecule has 0 aliphatic carbocycles. The average Bonchev–Trinajstić information content (AvgIpc) is 2.95. The van der Waals surface area contributed by atoms with Crippen LogP contribution >= 0.6 is 0 Å². The summed E-state index contributed by atoms with van der Waals surface area (Å²) >= 11 is 0. The van der Waals surface area contributed by atoms with Crippen molar-refractivity contribution in [2.45, 2.75) is 38.5 Å². The van der Waals surface area contributed by atoms with Gasteiger partial charge in [0.15, 0.2) is 0 Å². The minimum Gasteiger partial charge on any atom is -0.481 e. The number of nitrogens with zero attached hydrogens (tertiary/aromatic N) is 4. The lowest BCUT2D eigenvalue weighted by Gasteiger charge is -2.37. The highest BCUT2D eigenvalue weighted by molar-refractivity contribution is 5.79. The van der Waals surface area contributed by atoms with E-state index in [1.807, 2.05) is 54.6 Å². The quantitative estimate of drug-likeness (QED) is 0.293. The third-order valence-corrected chi connectivity index (χ3v) is 7.16. The predicted molar refractivity (Wildman–Crippen MR) is 148 cm³/mol. The monoisotopic (exact) mass is 510 g/mol. The molecule has 196 valence electrons. The lowest BCUT2D eigenvalue weighted by atomic mass is 10.0. The van der Waals surface area contributed by atoms with Gasteiger partial charge < -0.3 is 10.2 Å². The normalized spacial score (nSPS) is 15.5. The molecule has 1 aliphatic heterocycles. The smallest absolute Gasteiger partial charge is 0.303 e. The Hall–Kier alpha value is -3.65. The van der Waals surface area contributed by atoms with E-state index in [-0.39, 0.29) is 6.42 Å². The molecule has 7 heteroatoms. The molecule has 0 radical (unpaired) electrons. The molecule has 5 rings (SSSR count). The molecule has 1 aromatic heterocycles. The van der Waals surface area contributed by atoms with Crippen molar-refractivity contribution in [2.24, 2.45) is 0 Å². The van der Waals surface area contributed by atoms with Crippen LogP contribution in [0.15, 0.2) is 78.9 Å². The van der Waals surface area contributed by atoms with E-state index in [1.54, 1.807) is 0 Å². The van der Waals surface area contributed by atoms with Crippen LogP contribution in [0.2, 0.25) is 0 Å². The molecular weight excluding hydrogens is 476 g/mol. The molecule has 2 heterocycles. The predicted octanol–water partition coefficient (Wildman–Crippen LogP) is 4.90. The zero-order valence-electron chi connectivity index (χ0n) is 21.5. The zero-order chi connectivity index (χ0) is 26.3. The van der Waals surface area contributed by atoms with Crippen LogP contribution in [0.1, 0.15) is 42.3 Å². The van der Waals surface area contributed by atoms with Crippen molar-refractivity contribution >= 4 is 17.0 Å². The number of aromatic nitrogens is 2. The number of hydrogen-bond donors (Lipinski definition) is 2. The molecule has 1 aliphatic rings. The van der Waals surface area contributed by atoms with E-state index in [9.17, 15) is 9.90 Å². The maximum absolute atomic E-state index is 11.2. The number of carboxylic acids is 1. The van der Waals surface area contributed by atoms with Gasteiger partial charge in [0.05, 0.1) is 22.4 Å². The fourth-order valence-electron chi connectivity index (χ4n) is 5.06. The number of benzene rings is 3. The highest BCUT2D eigenvalue weighted by Gasteiger charge is 2.24. The summed E-state index contributed by atoms with van der Waals surface area (Å²) in [6, 6.07) is 26.3. The Morgan fingerprint density at radius 2 is 1.55 bits per heavy atom. The van der Waals surface area contributed by atoms with Crippen LogP contribution in [0, 0.1) is 0 Å². The Morgan fingerprint density at radius 1 is 0.842 bits per heavy atom. The first-order chi connectivity index (χ1) is 18.6. The Balaban J connectivity index is 1.32. The molecule has 0 spiro atoms. The minimum absolute atomic E-state index is 0.149. The Kier molecular flexibility index (Phi) is 8.38. The lowest BCUT2D eigenvalue weighted by molar-refractivity contribution is -0.137. The molecule has 1 saturated heterocycles. The van der Waals surface area contributed by atoms with Crippen molar-refractivity contribution < 1.29 is 15.0 Å². The highest BCUT2D eigenvalue weighted by atomic mass is 16.4. The van der Waals surface area contributed by atoms with E-state index in [0.29, 0.717) is 12.8 Å². The number of hydrogen-bond acceptors (Lipinski definition) is 6. The summed E-state index contributed by atoms with van der Waals surface area (Å²) in [7, 11) is 0. The largest absolute Gasteiger partial charge is 0.481 e. The van der Waals surface area contributed by atoms with E-state index in [1.165, 1.54) is 5.56 Å². The van der Waals surface area contributed by atoms with Crippen molar-refractivity contribution in [1.82, 2.24) is 19.8 Å². The first kappa shape index (κ1) is 26.0. The second-order valence-corrected chi connectivity index (χ2v) is 9.91. The van der Waals surface area contributed by atoms with Gasteiger partial charge in [0, 0.05) is 44.7 Å². The fourth-order valence-corrected chi connectivity index (χ4v) is 5.06. The van der Waals surface area contributed by atoms with Gasteiger partial charge in [-0.05, 0) is 42.5 Å². The summed E-state index contributed by atoms with van der Waals surface area (Å²) in [5.74, 6) is -0.780. The van der Waals surface area contributed by atoms with Crippen LogP contribution in [-0.4, -0.2) is 62.1 Å². The van der Waals surface area contributed by atoms with Gasteiger partial charge in [0.2, 0.25) is 0 Å². The van der Waals surface area contributed by atoms with E-state index < -0.39 is 12.2 Å². The number of rotatable bonds is 10. The van der Waals surface area contributed by atoms with Gasteiger partial charge in [-0.1, -0.05) is 66.7 Å². The molecule has 4 aromatic rings. The van der Waals surface area contributed by atoms with Gasteiger partial charge in [-0.25, -0.2) is 9.97 Å². The lowest BCUT2D eigenvalue weighted by Crippen LogP contribution is -2.47. The van der Waals surface area contributed by atoms with Crippen LogP contribution < -0.4 is 0 Å². The number of aliphatic hydroxyl groups excluding tert-OH is 1. The minimum atomic E-state index is -0.780. The molecule has 3 aromatic carbocycles. The van der Waals surface area contributed by atoms with Crippen molar-refractivity contribution in [1.29, 1.82) is 0 Å². The fraction of sp³-hybridized carbons (Fsp3) is 0.323. The van der Waals surface area contributed by atoms with Gasteiger partial charge in [-0.3, -0.25) is 14.6 Å². The average molecular weight is 511 g/mol. The van der Waals surface area contributed by atoms with Crippen molar-refractivity contribution in [3.63, 3.8) is 0 Å². The number of fused-ring (bicyclic) bond motifs is 1. The van der Waals surface area contributed by atoms with Crippen LogP contribution in [0.25, 0.3) is 22.3 Å². The topological polar surface area (TPSA) is 89.8 Å². The zero-order valence-corrected chi connectivity index (χ0v) is 21.5. The third-order valence-electron chi connectivity index (χ3n) is 7.16. The molecule has 0 saturated carbocycles. The summed E-state index contributed by atoms with van der Waals surface area (Å²) in [5.41, 5.74) is 6.33. The van der Waals surface area contributed by atoms with Crippen LogP contribution in [-0.2, 0) is 17.8 Å². The number of aryl methyl sites for hydroxylation is 1. The number of carboxylic acid groups (broad SMARTS) is 1. The van der Waals surface area contributed by atoms with E-state index >= 15 is 0 Å². The van der Waals surface area contributed by atoms with E-state index in [0.717, 1.165) is 72.7 Å². The number of piperazine rings is 1. The van der Waals surface area contributed by atoms with Gasteiger partial charge in [-0.2, -0.15) is 0 Å². The summed E-state index contributed by atoms with van der Waals surface area (Å²) in [6.07, 6.45) is 1.42. The second-order valence-electron chi connectivity index (χ2n) is 9.91. The van der Waals surface area contributed by atoms with Crippen LogP contribution in [0.5, 0.6) is 0 Å². The Labute approximate surface area is 223 Å². The van der Waals surface area contributed by atoms with Crippen molar-refractivity contribution in [2.75, 3.05) is 26.2 Å². The molecule has 1 unspecified atom stereocenters. The molecular formula is C31H34N4O3. The number of carbonyl (C=O) groups is 1. The molecule has 0 amide bonds. The maximum atomic E-state index is 11.2. The first-order valence-electron chi connectivity index (χ1n) is 13.3. The highest BCUT2D eigenvalue weighted by Crippen LogP contribution is 2.28. The summed E-state index contributed by atoms with van der Waals surface area (Å²) < 4.78 is 0. The van der Waals surface area contributed by atoms with Crippen LogP contribution in [0.3, 0.4) is 0 Å². The molecule has 1 atom stereocenters. The summed E-state index contributed by atoms with van der Waals surface area (Å²) in [4.78, 5) is 25.4.